The van der Waals surface area contributed by atoms with Crippen molar-refractivity contribution >= 4 is 41.0 Å². The van der Waals surface area contributed by atoms with Crippen LogP contribution in [0.1, 0.15) is 11.5 Å². The molecule has 118 valence electrons. The number of carbonyl (C=O) groups excluding carboxylic acids is 1. The Labute approximate surface area is 142 Å². The molecule has 0 fully saturated rings. The highest BCUT2D eigenvalue weighted by Gasteiger charge is 2.09. The van der Waals surface area contributed by atoms with E-state index in [-0.39, 0.29) is 11.7 Å². The van der Waals surface area contributed by atoms with Crippen LogP contribution in [0.3, 0.4) is 0 Å². The van der Waals surface area contributed by atoms with E-state index in [0.717, 1.165) is 12.0 Å². The van der Waals surface area contributed by atoms with Gasteiger partial charge in [0.05, 0.1) is 11.5 Å². The van der Waals surface area contributed by atoms with E-state index in [1.54, 1.807) is 11.8 Å². The molecule has 1 N–H and O–H groups in total. The van der Waals surface area contributed by atoms with Crippen LogP contribution in [0.25, 0.3) is 0 Å². The normalized spacial score (nSPS) is 10.6. The van der Waals surface area contributed by atoms with Gasteiger partial charge in [-0.05, 0) is 30.4 Å². The highest BCUT2D eigenvalue weighted by Crippen LogP contribution is 2.17. The second-order valence-corrected chi connectivity index (χ2v) is 6.64. The SMILES string of the molecule is CSCc1nnc(SCC(=O)NCCc2cccc(Cl)c2)o1. The van der Waals surface area contributed by atoms with Crippen LogP contribution in [0.15, 0.2) is 33.9 Å². The zero-order chi connectivity index (χ0) is 15.8. The summed E-state index contributed by atoms with van der Waals surface area (Å²) in [7, 11) is 0. The smallest absolute Gasteiger partial charge is 0.277 e. The Morgan fingerprint density at radius 3 is 3.05 bits per heavy atom. The van der Waals surface area contributed by atoms with E-state index in [9.17, 15) is 4.79 Å². The van der Waals surface area contributed by atoms with E-state index in [2.05, 4.69) is 15.5 Å². The molecule has 1 aromatic carbocycles. The first kappa shape index (κ1) is 17.2. The van der Waals surface area contributed by atoms with Crippen molar-refractivity contribution in [2.75, 3.05) is 18.6 Å². The Morgan fingerprint density at radius 1 is 1.41 bits per heavy atom. The molecule has 1 amide bonds. The van der Waals surface area contributed by atoms with E-state index >= 15 is 0 Å². The summed E-state index contributed by atoms with van der Waals surface area (Å²) in [5, 5.41) is 11.8. The third kappa shape index (κ3) is 5.90. The lowest BCUT2D eigenvalue weighted by atomic mass is 10.1. The average molecular weight is 358 g/mol. The molecule has 1 heterocycles. The van der Waals surface area contributed by atoms with E-state index in [4.69, 9.17) is 16.0 Å². The van der Waals surface area contributed by atoms with Gasteiger partial charge in [0.15, 0.2) is 0 Å². The molecule has 2 aromatic rings. The Morgan fingerprint density at radius 2 is 2.27 bits per heavy atom. The first-order valence-electron chi connectivity index (χ1n) is 6.62. The molecule has 0 spiro atoms. The number of carbonyl (C=O) groups is 1. The molecule has 1 aromatic heterocycles. The van der Waals surface area contributed by atoms with Crippen LogP contribution in [0, 0.1) is 0 Å². The molecule has 0 saturated carbocycles. The molecule has 0 radical (unpaired) electrons. The largest absolute Gasteiger partial charge is 0.415 e. The van der Waals surface area contributed by atoms with Crippen molar-refractivity contribution in [3.8, 4) is 0 Å². The van der Waals surface area contributed by atoms with Crippen molar-refractivity contribution in [3.63, 3.8) is 0 Å². The van der Waals surface area contributed by atoms with Crippen molar-refractivity contribution < 1.29 is 9.21 Å². The van der Waals surface area contributed by atoms with Gasteiger partial charge in [0.25, 0.3) is 5.22 Å². The summed E-state index contributed by atoms with van der Waals surface area (Å²) in [6.45, 7) is 0.571. The van der Waals surface area contributed by atoms with E-state index < -0.39 is 0 Å². The van der Waals surface area contributed by atoms with Crippen LogP contribution in [0.2, 0.25) is 5.02 Å². The van der Waals surface area contributed by atoms with Crippen LogP contribution in [-0.4, -0.2) is 34.7 Å². The molecule has 0 saturated heterocycles. The number of aromatic nitrogens is 2. The quantitative estimate of drug-likeness (QED) is 0.732. The molecule has 0 bridgehead atoms. The molecule has 5 nitrogen and oxygen atoms in total. The van der Waals surface area contributed by atoms with Crippen molar-refractivity contribution in [1.82, 2.24) is 15.5 Å². The van der Waals surface area contributed by atoms with Gasteiger partial charge in [0.2, 0.25) is 11.8 Å². The molecule has 2 rings (SSSR count). The van der Waals surface area contributed by atoms with Gasteiger partial charge in [-0.15, -0.1) is 10.2 Å². The summed E-state index contributed by atoms with van der Waals surface area (Å²) in [6, 6.07) is 7.61. The van der Waals surface area contributed by atoms with Crippen LogP contribution in [0.5, 0.6) is 0 Å². The fourth-order valence-electron chi connectivity index (χ4n) is 1.70. The van der Waals surface area contributed by atoms with Crippen LogP contribution >= 0.6 is 35.1 Å². The summed E-state index contributed by atoms with van der Waals surface area (Å²) in [4.78, 5) is 11.8. The number of benzene rings is 1. The summed E-state index contributed by atoms with van der Waals surface area (Å²) in [5.41, 5.74) is 1.10. The second kappa shape index (κ2) is 9.07. The molecule has 0 aliphatic carbocycles. The minimum Gasteiger partial charge on any atom is -0.415 e. The Kier molecular flexibility index (Phi) is 7.08. The Bertz CT molecular complexity index is 622. The zero-order valence-electron chi connectivity index (χ0n) is 12.0. The minimum absolute atomic E-state index is 0.0587. The maximum atomic E-state index is 11.8. The van der Waals surface area contributed by atoms with Gasteiger partial charge in [0.1, 0.15) is 0 Å². The first-order chi connectivity index (χ1) is 10.7. The van der Waals surface area contributed by atoms with Crippen molar-refractivity contribution in [2.45, 2.75) is 17.4 Å². The highest BCUT2D eigenvalue weighted by atomic mass is 35.5. The Balaban J connectivity index is 1.67. The lowest BCUT2D eigenvalue weighted by molar-refractivity contribution is -0.118. The summed E-state index contributed by atoms with van der Waals surface area (Å²) in [6.07, 6.45) is 2.71. The lowest BCUT2D eigenvalue weighted by Gasteiger charge is -2.04. The van der Waals surface area contributed by atoms with E-state index in [1.807, 2.05) is 30.5 Å². The standard InChI is InChI=1S/C14H16ClN3O2S2/c1-21-9-13-17-18-14(20-13)22-8-12(19)16-6-5-10-3-2-4-11(15)7-10/h2-4,7H,5-6,8-9H2,1H3,(H,16,19). The molecule has 0 aliphatic rings. The number of thioether (sulfide) groups is 2. The number of nitrogens with one attached hydrogen (secondary N) is 1. The number of hydrogen-bond donors (Lipinski definition) is 1. The van der Waals surface area contributed by atoms with Gasteiger partial charge in [0, 0.05) is 11.6 Å². The molecule has 0 atom stereocenters. The van der Waals surface area contributed by atoms with Gasteiger partial charge >= 0.3 is 0 Å². The predicted molar refractivity (Wildman–Crippen MR) is 90.4 cm³/mol. The first-order valence-corrected chi connectivity index (χ1v) is 9.38. The van der Waals surface area contributed by atoms with Gasteiger partial charge in [-0.25, -0.2) is 0 Å². The number of rotatable bonds is 8. The minimum atomic E-state index is -0.0587. The fourth-order valence-corrected chi connectivity index (χ4v) is 2.88. The Hall–Kier alpha value is -1.18. The summed E-state index contributed by atoms with van der Waals surface area (Å²) >= 11 is 8.76. The maximum Gasteiger partial charge on any atom is 0.277 e. The van der Waals surface area contributed by atoms with Crippen LogP contribution < -0.4 is 5.32 Å². The summed E-state index contributed by atoms with van der Waals surface area (Å²) < 4.78 is 5.39. The van der Waals surface area contributed by atoms with E-state index in [1.165, 1.54) is 11.8 Å². The average Bonchev–Trinajstić information content (AvgIpc) is 2.93. The maximum absolute atomic E-state index is 11.8. The topological polar surface area (TPSA) is 68.0 Å². The van der Waals surface area contributed by atoms with Crippen molar-refractivity contribution in [1.29, 1.82) is 0 Å². The molecule has 22 heavy (non-hydrogen) atoms. The number of amides is 1. The monoisotopic (exact) mass is 357 g/mol. The molecule has 8 heteroatoms. The van der Waals surface area contributed by atoms with Crippen molar-refractivity contribution in [3.05, 3.63) is 40.7 Å². The third-order valence-corrected chi connectivity index (χ3v) is 4.26. The van der Waals surface area contributed by atoms with Gasteiger partial charge in [-0.1, -0.05) is 35.5 Å². The second-order valence-electron chi connectivity index (χ2n) is 4.41. The molecular weight excluding hydrogens is 342 g/mol. The van der Waals surface area contributed by atoms with Crippen LogP contribution in [0.4, 0.5) is 0 Å². The molecule has 0 unspecified atom stereocenters. The van der Waals surface area contributed by atoms with Crippen LogP contribution in [-0.2, 0) is 17.0 Å². The number of halogens is 1. The third-order valence-electron chi connectivity index (χ3n) is 2.67. The fraction of sp³-hybridized carbons (Fsp3) is 0.357. The highest BCUT2D eigenvalue weighted by molar-refractivity contribution is 7.99. The van der Waals surface area contributed by atoms with Gasteiger partial charge in [-0.2, -0.15) is 11.8 Å². The molecule has 0 aliphatic heterocycles. The van der Waals surface area contributed by atoms with Gasteiger partial charge in [-0.3, -0.25) is 4.79 Å². The zero-order valence-corrected chi connectivity index (χ0v) is 14.4. The number of hydrogen-bond acceptors (Lipinski definition) is 6. The van der Waals surface area contributed by atoms with E-state index in [0.29, 0.717) is 28.4 Å². The number of nitrogens with zero attached hydrogens (tertiary/aromatic N) is 2. The predicted octanol–water partition coefficient (Wildman–Crippen LogP) is 3.04. The lowest BCUT2D eigenvalue weighted by Crippen LogP contribution is -2.27. The van der Waals surface area contributed by atoms with Crippen molar-refractivity contribution in [2.24, 2.45) is 0 Å². The van der Waals surface area contributed by atoms with Gasteiger partial charge < -0.3 is 9.73 Å². The molecular formula is C14H16ClN3O2S2. The summed E-state index contributed by atoms with van der Waals surface area (Å²) in [5.74, 6) is 1.46.